The predicted octanol–water partition coefficient (Wildman–Crippen LogP) is 8.34. The lowest BCUT2D eigenvalue weighted by Gasteiger charge is -2.16. The molecule has 0 saturated heterocycles. The molecule has 4 aromatic rings. The highest BCUT2D eigenvalue weighted by molar-refractivity contribution is 6.09. The van der Waals surface area contributed by atoms with Gasteiger partial charge in [-0.2, -0.15) is 13.2 Å². The summed E-state index contributed by atoms with van der Waals surface area (Å²) in [6.07, 6.45) is -3.33. The number of carbonyl (C=O) groups is 2. The van der Waals surface area contributed by atoms with Crippen LogP contribution in [0.2, 0.25) is 0 Å². The van der Waals surface area contributed by atoms with Crippen molar-refractivity contribution in [1.82, 2.24) is 5.32 Å². The molecule has 0 bridgehead atoms. The number of ketones is 1. The van der Waals surface area contributed by atoms with E-state index in [9.17, 15) is 22.8 Å². The van der Waals surface area contributed by atoms with E-state index < -0.39 is 11.7 Å². The number of nitrogens with one attached hydrogen (secondary N) is 1. The number of carbonyl (C=O) groups excluding carboxylic acids is 2. The molecule has 0 aliphatic carbocycles. The smallest absolute Gasteiger partial charge is 0.356 e. The third kappa shape index (κ3) is 8.94. The van der Waals surface area contributed by atoms with E-state index in [1.165, 1.54) is 17.7 Å². The molecule has 0 saturated carbocycles. The summed E-state index contributed by atoms with van der Waals surface area (Å²) < 4.78 is 35.8. The minimum atomic E-state index is -4.21. The van der Waals surface area contributed by atoms with Crippen molar-refractivity contribution in [3.05, 3.63) is 143 Å². The Balaban J connectivity index is 0.000000336. The van der Waals surface area contributed by atoms with E-state index in [1.807, 2.05) is 61.5 Å². The summed E-state index contributed by atoms with van der Waals surface area (Å²) in [6, 6.07) is 31.9. The minimum Gasteiger partial charge on any atom is -0.356 e. The molecule has 1 N–H and O–H groups in total. The summed E-state index contributed by atoms with van der Waals surface area (Å²) in [6.45, 7) is 6.42. The second kappa shape index (κ2) is 14.3. The Hall–Kier alpha value is -4.19. The molecule has 2 atom stereocenters. The maximum Gasteiger partial charge on any atom is 0.416 e. The lowest BCUT2D eigenvalue weighted by molar-refractivity contribution is -0.137. The molecule has 0 heterocycles. The van der Waals surface area contributed by atoms with Crippen molar-refractivity contribution >= 4 is 11.7 Å². The third-order valence-corrected chi connectivity index (χ3v) is 6.70. The van der Waals surface area contributed by atoms with Crippen LogP contribution in [0.1, 0.15) is 70.3 Å². The summed E-state index contributed by atoms with van der Waals surface area (Å²) in [7, 11) is 0. The molecular formula is C34H34F3NO2. The second-order valence-electron chi connectivity index (χ2n) is 9.80. The quantitative estimate of drug-likeness (QED) is 0.226. The lowest BCUT2D eigenvalue weighted by atomic mass is 9.95. The van der Waals surface area contributed by atoms with Gasteiger partial charge >= 0.3 is 6.18 Å². The normalized spacial score (nSPS) is 12.4. The summed E-state index contributed by atoms with van der Waals surface area (Å²) in [4.78, 5) is 25.3. The lowest BCUT2D eigenvalue weighted by Crippen LogP contribution is -2.29. The third-order valence-electron chi connectivity index (χ3n) is 6.70. The van der Waals surface area contributed by atoms with E-state index in [0.29, 0.717) is 23.6 Å². The fourth-order valence-corrected chi connectivity index (χ4v) is 4.11. The van der Waals surface area contributed by atoms with E-state index in [-0.39, 0.29) is 17.6 Å². The summed E-state index contributed by atoms with van der Waals surface area (Å²) >= 11 is 0. The van der Waals surface area contributed by atoms with Crippen molar-refractivity contribution in [2.24, 2.45) is 0 Å². The van der Waals surface area contributed by atoms with Crippen molar-refractivity contribution in [2.75, 3.05) is 6.54 Å². The van der Waals surface area contributed by atoms with Gasteiger partial charge in [-0.05, 0) is 55.5 Å². The average Bonchev–Trinajstić information content (AvgIpc) is 2.97. The highest BCUT2D eigenvalue weighted by Gasteiger charge is 2.29. The largest absolute Gasteiger partial charge is 0.416 e. The van der Waals surface area contributed by atoms with Crippen LogP contribution < -0.4 is 5.32 Å². The van der Waals surface area contributed by atoms with E-state index >= 15 is 0 Å². The van der Waals surface area contributed by atoms with Gasteiger partial charge in [0.1, 0.15) is 0 Å². The number of rotatable bonds is 8. The number of hydrogen-bond acceptors (Lipinski definition) is 2. The van der Waals surface area contributed by atoms with Crippen LogP contribution >= 0.6 is 0 Å². The number of aryl methyl sites for hydroxylation is 1. The molecule has 4 aromatic carbocycles. The van der Waals surface area contributed by atoms with Crippen LogP contribution in [0.5, 0.6) is 0 Å². The van der Waals surface area contributed by atoms with Crippen molar-refractivity contribution in [1.29, 1.82) is 0 Å². The molecule has 0 aliphatic heterocycles. The molecule has 0 spiro atoms. The maximum absolute atomic E-state index is 12.7. The van der Waals surface area contributed by atoms with E-state index in [2.05, 4.69) is 24.4 Å². The maximum atomic E-state index is 12.7. The van der Waals surface area contributed by atoms with Gasteiger partial charge in [0.05, 0.1) is 11.5 Å². The van der Waals surface area contributed by atoms with Gasteiger partial charge in [0.15, 0.2) is 5.78 Å². The first-order chi connectivity index (χ1) is 19.1. The highest BCUT2D eigenvalue weighted by atomic mass is 19.4. The number of hydrogen-bond donors (Lipinski definition) is 1. The fourth-order valence-electron chi connectivity index (χ4n) is 4.11. The average molecular weight is 546 g/mol. The van der Waals surface area contributed by atoms with Crippen molar-refractivity contribution in [2.45, 2.75) is 45.2 Å². The van der Waals surface area contributed by atoms with Crippen molar-refractivity contribution in [3.63, 3.8) is 0 Å². The van der Waals surface area contributed by atoms with Gasteiger partial charge in [-0.15, -0.1) is 0 Å². The standard InChI is InChI=1S/C26H27NO2.C8H7F3/c1-19(21-10-5-3-6-11-21)16-17-27-26(29)20(2)23-14-9-15-24(18-23)25(28)22-12-7-4-8-13-22;1-6-2-4-7(5-3-6)8(9,10)11/h3-15,18-20H,16-17H2,1-2H3,(H,27,29);2-5H,1H3. The van der Waals surface area contributed by atoms with Gasteiger partial charge in [-0.1, -0.05) is 103 Å². The van der Waals surface area contributed by atoms with Crippen LogP contribution in [0, 0.1) is 6.92 Å². The number of amides is 1. The molecule has 2 unspecified atom stereocenters. The predicted molar refractivity (Wildman–Crippen MR) is 153 cm³/mol. The minimum absolute atomic E-state index is 0.0189. The number of benzene rings is 4. The topological polar surface area (TPSA) is 46.2 Å². The molecule has 40 heavy (non-hydrogen) atoms. The molecule has 0 aromatic heterocycles. The van der Waals surface area contributed by atoms with Crippen LogP contribution in [0.25, 0.3) is 0 Å². The number of alkyl halides is 3. The molecule has 1 amide bonds. The van der Waals surface area contributed by atoms with Gasteiger partial charge < -0.3 is 5.32 Å². The van der Waals surface area contributed by atoms with E-state index in [4.69, 9.17) is 0 Å². The van der Waals surface area contributed by atoms with Crippen LogP contribution in [0.15, 0.2) is 109 Å². The Morgan fingerprint density at radius 3 is 1.88 bits per heavy atom. The van der Waals surface area contributed by atoms with E-state index in [1.54, 1.807) is 25.1 Å². The Kier molecular flexibility index (Phi) is 10.8. The molecule has 3 nitrogen and oxygen atoms in total. The van der Waals surface area contributed by atoms with Gasteiger partial charge in [0.2, 0.25) is 5.91 Å². The SMILES string of the molecule is CC(CCNC(=O)C(C)c1cccc(C(=O)c2ccccc2)c1)c1ccccc1.Cc1ccc(C(F)(F)F)cc1. The van der Waals surface area contributed by atoms with Crippen LogP contribution in [0.3, 0.4) is 0 Å². The molecule has 0 radical (unpaired) electrons. The van der Waals surface area contributed by atoms with Crippen LogP contribution in [-0.4, -0.2) is 18.2 Å². The van der Waals surface area contributed by atoms with Crippen molar-refractivity contribution < 1.29 is 22.8 Å². The first-order valence-corrected chi connectivity index (χ1v) is 13.2. The second-order valence-corrected chi connectivity index (χ2v) is 9.80. The van der Waals surface area contributed by atoms with Gasteiger partial charge in [0.25, 0.3) is 0 Å². The molecule has 0 fully saturated rings. The molecule has 4 rings (SSSR count). The number of halogens is 3. The first kappa shape index (κ1) is 30.4. The van der Waals surface area contributed by atoms with E-state index in [0.717, 1.165) is 29.7 Å². The molecule has 6 heteroatoms. The molecule has 208 valence electrons. The fraction of sp³-hybridized carbons (Fsp3) is 0.235. The van der Waals surface area contributed by atoms with Gasteiger partial charge in [-0.25, -0.2) is 0 Å². The van der Waals surface area contributed by atoms with Crippen LogP contribution in [0.4, 0.5) is 13.2 Å². The first-order valence-electron chi connectivity index (χ1n) is 13.2. The zero-order valence-electron chi connectivity index (χ0n) is 22.9. The highest BCUT2D eigenvalue weighted by Crippen LogP contribution is 2.29. The molecular weight excluding hydrogens is 511 g/mol. The monoisotopic (exact) mass is 545 g/mol. The zero-order chi connectivity index (χ0) is 29.1. The summed E-state index contributed by atoms with van der Waals surface area (Å²) in [5, 5.41) is 3.04. The summed E-state index contributed by atoms with van der Waals surface area (Å²) in [5.41, 5.74) is 3.62. The molecule has 0 aliphatic rings. The van der Waals surface area contributed by atoms with Crippen molar-refractivity contribution in [3.8, 4) is 0 Å². The Morgan fingerprint density at radius 2 is 1.27 bits per heavy atom. The van der Waals surface area contributed by atoms with Gasteiger partial charge in [0, 0.05) is 17.7 Å². The Labute approximate surface area is 234 Å². The summed E-state index contributed by atoms with van der Waals surface area (Å²) in [5.74, 6) is 0.0236. The Morgan fingerprint density at radius 1 is 0.725 bits per heavy atom. The zero-order valence-corrected chi connectivity index (χ0v) is 22.9. The van der Waals surface area contributed by atoms with Gasteiger partial charge in [-0.3, -0.25) is 9.59 Å². The van der Waals surface area contributed by atoms with Crippen LogP contribution in [-0.2, 0) is 11.0 Å². The Bertz CT molecular complexity index is 1370.